The van der Waals surface area contributed by atoms with Crippen molar-refractivity contribution in [3.05, 3.63) is 53.1 Å². The number of piperazine rings is 1. The molecular formula is C33H32F5N7OS. The standard InChI is InChI=1S/C33H32F5N7OS/c1-32(15-44(2)9-8-17(32)11-34)16-46-31-42-28-21(30(43-31)45-13-18-6-7-19(14-45)41-18)10-23(33(36,37)38)26(27(28)35)20-4-3-5-24-25(20)22(12-39)29(40)47-24/h3-5,10-11,18-19,41H,6-9,13-16,40H2,1-2H3/b17-11+/t18-,19+,32-/m0/s1/i2D3. The molecular weight excluding hydrogens is 637 g/mol. The number of hydrogen-bond donors (Lipinski definition) is 2. The fourth-order valence-corrected chi connectivity index (χ4v) is 8.09. The van der Waals surface area contributed by atoms with Gasteiger partial charge in [-0.25, -0.2) is 8.78 Å². The number of halogens is 5. The molecule has 3 saturated heterocycles. The summed E-state index contributed by atoms with van der Waals surface area (Å²) < 4.78 is 106. The van der Waals surface area contributed by atoms with Crippen molar-refractivity contribution < 1.29 is 30.8 Å². The van der Waals surface area contributed by atoms with Gasteiger partial charge in [-0.15, -0.1) is 11.3 Å². The van der Waals surface area contributed by atoms with Crippen LogP contribution in [0.25, 0.3) is 32.1 Å². The van der Waals surface area contributed by atoms with Gasteiger partial charge in [0, 0.05) is 68.8 Å². The quantitative estimate of drug-likeness (QED) is 0.228. The van der Waals surface area contributed by atoms with E-state index >= 15 is 4.39 Å². The van der Waals surface area contributed by atoms with Gasteiger partial charge in [0.1, 0.15) is 29.0 Å². The van der Waals surface area contributed by atoms with Crippen LogP contribution in [0.3, 0.4) is 0 Å². The van der Waals surface area contributed by atoms with E-state index in [-0.39, 0.29) is 76.9 Å². The Morgan fingerprint density at radius 3 is 2.72 bits per heavy atom. The predicted octanol–water partition coefficient (Wildman–Crippen LogP) is 6.64. The average molecular weight is 673 g/mol. The number of aromatic nitrogens is 2. The van der Waals surface area contributed by atoms with Crippen LogP contribution in [0.5, 0.6) is 6.01 Å². The molecule has 5 heterocycles. The Balaban J connectivity index is 1.42. The number of fused-ring (bicyclic) bond motifs is 4. The van der Waals surface area contributed by atoms with E-state index in [1.54, 1.807) is 17.9 Å². The highest BCUT2D eigenvalue weighted by Crippen LogP contribution is 2.48. The van der Waals surface area contributed by atoms with E-state index in [4.69, 9.17) is 14.6 Å². The largest absolute Gasteiger partial charge is 0.462 e. The number of hydrogen-bond acceptors (Lipinski definition) is 9. The van der Waals surface area contributed by atoms with Crippen molar-refractivity contribution in [3.63, 3.8) is 0 Å². The molecule has 0 unspecified atom stereocenters. The second-order valence-corrected chi connectivity index (χ2v) is 13.8. The molecule has 2 aromatic carbocycles. The van der Waals surface area contributed by atoms with Crippen molar-refractivity contribution >= 4 is 43.1 Å². The van der Waals surface area contributed by atoms with E-state index in [2.05, 4.69) is 15.3 Å². The molecule has 246 valence electrons. The van der Waals surface area contributed by atoms with Gasteiger partial charge in [-0.3, -0.25) is 0 Å². The normalized spacial score (nSPS) is 25.6. The van der Waals surface area contributed by atoms with Crippen LogP contribution in [0.4, 0.5) is 32.8 Å². The molecule has 3 atom stereocenters. The van der Waals surface area contributed by atoms with Gasteiger partial charge in [0.05, 0.1) is 17.5 Å². The van der Waals surface area contributed by atoms with Crippen LogP contribution in [0.15, 0.2) is 36.2 Å². The highest BCUT2D eigenvalue weighted by Gasteiger charge is 2.40. The van der Waals surface area contributed by atoms with Crippen LogP contribution in [-0.2, 0) is 6.18 Å². The minimum Gasteiger partial charge on any atom is -0.462 e. The Morgan fingerprint density at radius 1 is 1.28 bits per heavy atom. The number of anilines is 2. The number of nitrogen functional groups attached to an aromatic ring is 1. The number of piperidine rings is 1. The number of benzene rings is 2. The second kappa shape index (κ2) is 11.6. The second-order valence-electron chi connectivity index (χ2n) is 12.7. The fourth-order valence-electron chi connectivity index (χ4n) is 7.15. The number of likely N-dealkylation sites (tertiary alicyclic amines) is 1. The summed E-state index contributed by atoms with van der Waals surface area (Å²) in [7, 11) is 0. The molecule has 8 nitrogen and oxygen atoms in total. The summed E-state index contributed by atoms with van der Waals surface area (Å²) >= 11 is 1.01. The monoisotopic (exact) mass is 672 g/mol. The number of rotatable bonds is 5. The average Bonchev–Trinajstić information content (AvgIpc) is 3.58. The Labute approximate surface area is 275 Å². The Hall–Kier alpha value is -4.06. The van der Waals surface area contributed by atoms with Gasteiger partial charge >= 0.3 is 12.2 Å². The van der Waals surface area contributed by atoms with Gasteiger partial charge in [0.2, 0.25) is 0 Å². The number of nitrogens with zero attached hydrogens (tertiary/aromatic N) is 5. The van der Waals surface area contributed by atoms with E-state index < -0.39 is 41.0 Å². The lowest BCUT2D eigenvalue weighted by Crippen LogP contribution is -2.51. The molecule has 2 bridgehead atoms. The lowest BCUT2D eigenvalue weighted by atomic mass is 9.78. The summed E-state index contributed by atoms with van der Waals surface area (Å²) in [5.41, 5.74) is 2.50. The number of nitrogens with two attached hydrogens (primary N) is 1. The van der Waals surface area contributed by atoms with Crippen LogP contribution in [0.2, 0.25) is 0 Å². The molecule has 14 heteroatoms. The van der Waals surface area contributed by atoms with E-state index in [1.165, 1.54) is 17.0 Å². The molecule has 3 N–H and O–H groups in total. The maximum Gasteiger partial charge on any atom is 0.417 e. The van der Waals surface area contributed by atoms with E-state index in [0.29, 0.717) is 29.7 Å². The van der Waals surface area contributed by atoms with E-state index in [9.17, 15) is 22.8 Å². The van der Waals surface area contributed by atoms with Crippen LogP contribution in [-0.4, -0.2) is 66.7 Å². The molecule has 0 saturated carbocycles. The molecule has 0 spiro atoms. The number of nitriles is 1. The third kappa shape index (κ3) is 5.44. The topological polar surface area (TPSA) is 103 Å². The predicted molar refractivity (Wildman–Crippen MR) is 172 cm³/mol. The zero-order chi connectivity index (χ0) is 35.7. The van der Waals surface area contributed by atoms with Gasteiger partial charge in [-0.1, -0.05) is 19.1 Å². The molecule has 7 rings (SSSR count). The molecule has 0 amide bonds. The van der Waals surface area contributed by atoms with Gasteiger partial charge in [-0.05, 0) is 49.5 Å². The molecule has 0 radical (unpaired) electrons. The van der Waals surface area contributed by atoms with Crippen molar-refractivity contribution in [1.29, 1.82) is 5.26 Å². The Bertz CT molecular complexity index is 2070. The van der Waals surface area contributed by atoms with Crippen molar-refractivity contribution in [2.24, 2.45) is 5.41 Å². The summed E-state index contributed by atoms with van der Waals surface area (Å²) in [4.78, 5) is 11.9. The fraction of sp³-hybridized carbons (Fsp3) is 0.424. The SMILES string of the molecule is [2H]C([2H])([2H])N1CC/C(=C\F)[C@](C)(COc2nc(N3C[C@H]4CC[C@@H](C3)N4)c3cc(C(F)(F)F)c(-c4cccc5sc(N)c(C#N)c45)c(F)c3n2)C1. The third-order valence-electron chi connectivity index (χ3n) is 9.45. The van der Waals surface area contributed by atoms with Gasteiger partial charge in [-0.2, -0.15) is 28.4 Å². The first kappa shape index (κ1) is 28.0. The minimum absolute atomic E-state index is 0.0460. The molecule has 2 aromatic heterocycles. The molecule has 4 aromatic rings. The molecule has 3 aliphatic rings. The lowest BCUT2D eigenvalue weighted by Gasteiger charge is -2.40. The van der Waals surface area contributed by atoms with Crippen LogP contribution < -0.4 is 20.7 Å². The van der Waals surface area contributed by atoms with E-state index in [1.807, 2.05) is 6.07 Å². The summed E-state index contributed by atoms with van der Waals surface area (Å²) in [6.07, 6.45) is -2.75. The van der Waals surface area contributed by atoms with Crippen molar-refractivity contribution in [3.8, 4) is 23.2 Å². The number of ether oxygens (including phenoxy) is 1. The number of thiophene rings is 1. The van der Waals surface area contributed by atoms with Crippen molar-refractivity contribution in [2.45, 2.75) is 44.4 Å². The van der Waals surface area contributed by atoms with Gasteiger partial charge in [0.25, 0.3) is 0 Å². The number of alkyl halides is 3. The van der Waals surface area contributed by atoms with Crippen molar-refractivity contribution in [1.82, 2.24) is 20.2 Å². The summed E-state index contributed by atoms with van der Waals surface area (Å²) in [5, 5.41) is 13.3. The zero-order valence-corrected chi connectivity index (χ0v) is 26.0. The maximum atomic E-state index is 17.1. The zero-order valence-electron chi connectivity index (χ0n) is 28.2. The molecule has 3 fully saturated rings. The van der Waals surface area contributed by atoms with Crippen molar-refractivity contribution in [2.75, 3.05) is 50.4 Å². The maximum absolute atomic E-state index is 17.1. The summed E-state index contributed by atoms with van der Waals surface area (Å²) in [6.45, 7) is -0.271. The highest BCUT2D eigenvalue weighted by atomic mass is 32.1. The molecule has 3 aliphatic heterocycles. The molecule has 0 aliphatic carbocycles. The third-order valence-corrected chi connectivity index (χ3v) is 10.4. The summed E-state index contributed by atoms with van der Waals surface area (Å²) in [6, 6.07) is 6.90. The lowest BCUT2D eigenvalue weighted by molar-refractivity contribution is -0.137. The highest BCUT2D eigenvalue weighted by molar-refractivity contribution is 7.23. The van der Waals surface area contributed by atoms with Crippen LogP contribution in [0, 0.1) is 22.6 Å². The van der Waals surface area contributed by atoms with Gasteiger partial charge in [0.15, 0.2) is 5.82 Å². The Kier molecular flexibility index (Phi) is 6.89. The summed E-state index contributed by atoms with van der Waals surface area (Å²) in [5.74, 6) is -1.24. The van der Waals surface area contributed by atoms with Crippen LogP contribution >= 0.6 is 11.3 Å². The number of nitrogens with one attached hydrogen (secondary N) is 1. The Morgan fingerprint density at radius 2 is 2.04 bits per heavy atom. The first-order chi connectivity index (χ1) is 23.6. The first-order valence-electron chi connectivity index (χ1n) is 16.6. The van der Waals surface area contributed by atoms with Crippen LogP contribution in [0.1, 0.15) is 41.4 Å². The van der Waals surface area contributed by atoms with Gasteiger partial charge < -0.3 is 25.6 Å². The van der Waals surface area contributed by atoms with E-state index in [0.717, 1.165) is 30.2 Å². The minimum atomic E-state index is -5.02. The first-order valence-corrected chi connectivity index (χ1v) is 15.9. The molecule has 47 heavy (non-hydrogen) atoms. The smallest absolute Gasteiger partial charge is 0.417 e.